The molecule has 2 atom stereocenters. The first-order valence-electron chi connectivity index (χ1n) is 9.23. The molecule has 2 aliphatic heterocycles. The average Bonchev–Trinajstić information content (AvgIpc) is 3.20. The highest BCUT2D eigenvalue weighted by molar-refractivity contribution is 9.10. The van der Waals surface area contributed by atoms with Gasteiger partial charge >= 0.3 is 0 Å². The summed E-state index contributed by atoms with van der Waals surface area (Å²) in [5, 5.41) is 17.3. The van der Waals surface area contributed by atoms with Crippen molar-refractivity contribution in [2.24, 2.45) is 5.10 Å². The largest absolute Gasteiger partial charge is 0.507 e. The molecule has 0 saturated carbocycles. The zero-order valence-electron chi connectivity index (χ0n) is 15.6. The molecule has 0 unspecified atom stereocenters. The molecule has 0 bridgehead atoms. The van der Waals surface area contributed by atoms with Gasteiger partial charge in [0.1, 0.15) is 17.2 Å². The molecule has 0 amide bonds. The summed E-state index contributed by atoms with van der Waals surface area (Å²) < 4.78 is 12.6. The van der Waals surface area contributed by atoms with Gasteiger partial charge in [-0.15, -0.1) is 0 Å². The van der Waals surface area contributed by atoms with Gasteiger partial charge in [-0.1, -0.05) is 15.9 Å². The van der Waals surface area contributed by atoms with Crippen LogP contribution in [0.5, 0.6) is 17.2 Å². The lowest BCUT2D eigenvalue weighted by atomic mass is 9.95. The summed E-state index contributed by atoms with van der Waals surface area (Å²) in [6.45, 7) is 0. The zero-order valence-corrected chi connectivity index (χ0v) is 17.2. The Balaban J connectivity index is 1.62. The number of hydrogen-bond donors (Lipinski definition) is 1. The number of benzene rings is 2. The van der Waals surface area contributed by atoms with Crippen LogP contribution in [0.25, 0.3) is 0 Å². The number of nitrogens with zero attached hydrogens (tertiary/aromatic N) is 3. The number of phenols is 1. The lowest BCUT2D eigenvalue weighted by Crippen LogP contribution is -2.33. The Hall–Kier alpha value is -3.06. The number of aromatic hydroxyl groups is 1. The Morgan fingerprint density at radius 2 is 1.97 bits per heavy atom. The maximum Gasteiger partial charge on any atom is 0.213 e. The molecule has 3 aromatic rings. The third kappa shape index (κ3) is 3.11. The topological polar surface area (TPSA) is 67.2 Å². The summed E-state index contributed by atoms with van der Waals surface area (Å²) in [6.07, 6.45) is 3.77. The molecule has 6 nitrogen and oxygen atoms in total. The van der Waals surface area contributed by atoms with Crippen LogP contribution >= 0.6 is 15.9 Å². The summed E-state index contributed by atoms with van der Waals surface area (Å²) in [5.74, 6) is 1.69. The van der Waals surface area contributed by atoms with Crippen molar-refractivity contribution in [1.82, 2.24) is 9.99 Å². The van der Waals surface area contributed by atoms with Crippen molar-refractivity contribution in [3.05, 3.63) is 82.1 Å². The molecular formula is C22H18BrN3O3. The number of ether oxygens (including phenoxy) is 2. The Morgan fingerprint density at radius 1 is 1.14 bits per heavy atom. The second kappa shape index (κ2) is 7.08. The van der Waals surface area contributed by atoms with E-state index in [1.165, 1.54) is 0 Å². The molecule has 2 aromatic carbocycles. The molecule has 146 valence electrons. The zero-order chi connectivity index (χ0) is 20.0. The van der Waals surface area contributed by atoms with Gasteiger partial charge in [-0.3, -0.25) is 4.98 Å². The molecule has 0 spiro atoms. The maximum absolute atomic E-state index is 10.4. The van der Waals surface area contributed by atoms with E-state index in [9.17, 15) is 5.11 Å². The first kappa shape index (κ1) is 18.0. The average molecular weight is 452 g/mol. The van der Waals surface area contributed by atoms with Gasteiger partial charge in [0, 0.05) is 40.0 Å². The van der Waals surface area contributed by atoms with Gasteiger partial charge < -0.3 is 14.6 Å². The number of fused-ring (bicyclic) bond motifs is 3. The van der Waals surface area contributed by atoms with E-state index >= 15 is 0 Å². The second-order valence-electron chi connectivity index (χ2n) is 6.96. The van der Waals surface area contributed by atoms with E-state index < -0.39 is 0 Å². The number of rotatable bonds is 3. The SMILES string of the molecule is COc1ccc(O)c(C2=NN3[C@H](C2)c2cc(Br)ccc2O[C@H]3c2ccncc2)c1. The first-order chi connectivity index (χ1) is 14.1. The monoisotopic (exact) mass is 451 g/mol. The molecule has 7 heteroatoms. The van der Waals surface area contributed by atoms with Crippen molar-refractivity contribution in [1.29, 1.82) is 0 Å². The number of pyridine rings is 1. The fraction of sp³-hybridized carbons (Fsp3) is 0.182. The lowest BCUT2D eigenvalue weighted by Gasteiger charge is -2.38. The molecule has 0 radical (unpaired) electrons. The van der Waals surface area contributed by atoms with E-state index in [4.69, 9.17) is 14.6 Å². The van der Waals surface area contributed by atoms with Crippen LogP contribution in [0, 0.1) is 0 Å². The van der Waals surface area contributed by atoms with E-state index in [1.807, 2.05) is 35.3 Å². The second-order valence-corrected chi connectivity index (χ2v) is 7.88. The van der Waals surface area contributed by atoms with E-state index in [0.29, 0.717) is 17.7 Å². The third-order valence-corrected chi connectivity index (χ3v) is 5.75. The predicted molar refractivity (Wildman–Crippen MR) is 112 cm³/mol. The number of halogens is 1. The van der Waals surface area contributed by atoms with Gasteiger partial charge in [0.2, 0.25) is 6.23 Å². The van der Waals surface area contributed by atoms with Gasteiger partial charge in [-0.25, -0.2) is 5.01 Å². The van der Waals surface area contributed by atoms with Crippen molar-refractivity contribution in [3.63, 3.8) is 0 Å². The van der Waals surface area contributed by atoms with Gasteiger partial charge in [0.25, 0.3) is 0 Å². The fourth-order valence-electron chi connectivity index (χ4n) is 3.84. The molecule has 3 heterocycles. The molecule has 1 aromatic heterocycles. The van der Waals surface area contributed by atoms with E-state index in [2.05, 4.69) is 27.0 Å². The molecule has 0 aliphatic carbocycles. The Labute approximate surface area is 176 Å². The molecule has 29 heavy (non-hydrogen) atoms. The number of aromatic nitrogens is 1. The summed E-state index contributed by atoms with van der Waals surface area (Å²) in [4.78, 5) is 4.11. The first-order valence-corrected chi connectivity index (χ1v) is 10.0. The minimum atomic E-state index is -0.373. The van der Waals surface area contributed by atoms with Crippen LogP contribution < -0.4 is 9.47 Å². The Bertz CT molecular complexity index is 1100. The fourth-order valence-corrected chi connectivity index (χ4v) is 4.22. The maximum atomic E-state index is 10.4. The van der Waals surface area contributed by atoms with Crippen molar-refractivity contribution in [2.75, 3.05) is 7.11 Å². The minimum Gasteiger partial charge on any atom is -0.507 e. The molecule has 0 saturated heterocycles. The summed E-state index contributed by atoms with van der Waals surface area (Å²) in [7, 11) is 1.61. The highest BCUT2D eigenvalue weighted by Gasteiger charge is 2.41. The Kier molecular flexibility index (Phi) is 4.39. The van der Waals surface area contributed by atoms with Gasteiger partial charge in [-0.2, -0.15) is 5.10 Å². The van der Waals surface area contributed by atoms with E-state index in [1.54, 1.807) is 31.6 Å². The summed E-state index contributed by atoms with van der Waals surface area (Å²) in [5.41, 5.74) is 3.50. The molecule has 1 N–H and O–H groups in total. The number of hydrazone groups is 1. The van der Waals surface area contributed by atoms with Gasteiger partial charge in [-0.05, 0) is 48.5 Å². The van der Waals surface area contributed by atoms with Crippen LogP contribution in [0.15, 0.2) is 70.5 Å². The standard InChI is InChI=1S/C22H18BrN3O3/c1-28-15-3-4-20(27)16(11-15)18-12-19-17-10-14(23)2-5-21(17)29-22(26(19)25-18)13-6-8-24-9-7-13/h2-11,19,22,27H,12H2,1H3/t19-,22+/m1/s1. The smallest absolute Gasteiger partial charge is 0.213 e. The van der Waals surface area contributed by atoms with Crippen LogP contribution in [0.4, 0.5) is 0 Å². The minimum absolute atomic E-state index is 0.00461. The molecule has 0 fully saturated rings. The third-order valence-electron chi connectivity index (χ3n) is 5.26. The molecular weight excluding hydrogens is 434 g/mol. The van der Waals surface area contributed by atoms with Crippen LogP contribution in [0.3, 0.4) is 0 Å². The lowest BCUT2D eigenvalue weighted by molar-refractivity contribution is -0.0191. The van der Waals surface area contributed by atoms with E-state index in [-0.39, 0.29) is 18.0 Å². The van der Waals surface area contributed by atoms with Gasteiger partial charge in [0.15, 0.2) is 0 Å². The quantitative estimate of drug-likeness (QED) is 0.619. The molecule has 5 rings (SSSR count). The summed E-state index contributed by atoms with van der Waals surface area (Å²) in [6, 6.07) is 15.1. The summed E-state index contributed by atoms with van der Waals surface area (Å²) >= 11 is 3.56. The highest BCUT2D eigenvalue weighted by Crippen LogP contribution is 2.48. The number of phenolic OH excluding ortho intramolecular Hbond substituents is 1. The van der Waals surface area contributed by atoms with Gasteiger partial charge in [0.05, 0.1) is 18.9 Å². The van der Waals surface area contributed by atoms with Crippen LogP contribution in [0.1, 0.15) is 35.4 Å². The van der Waals surface area contributed by atoms with Crippen LogP contribution in [0.2, 0.25) is 0 Å². The van der Waals surface area contributed by atoms with Crippen molar-refractivity contribution < 1.29 is 14.6 Å². The highest BCUT2D eigenvalue weighted by atomic mass is 79.9. The normalized spacial score (nSPS) is 19.8. The van der Waals surface area contributed by atoms with Crippen LogP contribution in [-0.4, -0.2) is 27.9 Å². The molecule has 2 aliphatic rings. The Morgan fingerprint density at radius 3 is 2.76 bits per heavy atom. The van der Waals surface area contributed by atoms with Crippen molar-refractivity contribution >= 4 is 21.6 Å². The van der Waals surface area contributed by atoms with Crippen molar-refractivity contribution in [3.8, 4) is 17.2 Å². The van der Waals surface area contributed by atoms with Crippen molar-refractivity contribution in [2.45, 2.75) is 18.7 Å². The number of methoxy groups -OCH3 is 1. The van der Waals surface area contributed by atoms with E-state index in [0.717, 1.165) is 27.1 Å². The number of hydrogen-bond acceptors (Lipinski definition) is 6. The van der Waals surface area contributed by atoms with Crippen LogP contribution in [-0.2, 0) is 0 Å². The predicted octanol–water partition coefficient (Wildman–Crippen LogP) is 4.80.